The predicted molar refractivity (Wildman–Crippen MR) is 93.0 cm³/mol. The third-order valence-corrected chi connectivity index (χ3v) is 7.18. The van der Waals surface area contributed by atoms with Crippen LogP contribution in [0.25, 0.3) is 0 Å². The molecule has 2 rings (SSSR count). The molecule has 0 spiro atoms. The summed E-state index contributed by atoms with van der Waals surface area (Å²) < 4.78 is 24.5. The van der Waals surface area contributed by atoms with Gasteiger partial charge in [0.25, 0.3) is 0 Å². The lowest BCUT2D eigenvalue weighted by molar-refractivity contribution is -0.119. The Hall–Kier alpha value is -0.620. The molecule has 1 heterocycles. The van der Waals surface area contributed by atoms with E-state index in [1.165, 1.54) is 6.42 Å². The van der Waals surface area contributed by atoms with E-state index in [9.17, 15) is 13.2 Å². The maximum Gasteiger partial charge on any atom is 0.235 e. The molecule has 1 N–H and O–H groups in total. The number of carbonyl (C=O) groups is 1. The van der Waals surface area contributed by atoms with E-state index < -0.39 is 9.84 Å². The molecule has 134 valence electrons. The van der Waals surface area contributed by atoms with E-state index >= 15 is 0 Å². The van der Waals surface area contributed by atoms with E-state index in [0.29, 0.717) is 24.7 Å². The van der Waals surface area contributed by atoms with Gasteiger partial charge in [-0.25, -0.2) is 8.42 Å². The average Bonchev–Trinajstić information content (AvgIpc) is 2.90. The van der Waals surface area contributed by atoms with Crippen molar-refractivity contribution in [2.45, 2.75) is 64.2 Å². The standard InChI is InChI=1S/C17H32N2O3S/c1-13-8-14(2)10-19(9-13)11-15(3)18-17(20)12-23(21,22)16-6-4-5-7-16/h13-16H,4-12H2,1-3H3,(H,18,20)/t13-,14+,15-/m1/s1. The highest BCUT2D eigenvalue weighted by Gasteiger charge is 2.31. The SMILES string of the molecule is C[C@@H]1C[C@H](C)CN(C[C@@H](C)NC(=O)CS(=O)(=O)C2CCCC2)C1. The predicted octanol–water partition coefficient (Wildman–Crippen LogP) is 1.83. The Morgan fingerprint density at radius 3 is 2.30 bits per heavy atom. The molecule has 0 radical (unpaired) electrons. The molecular formula is C17H32N2O3S. The van der Waals surface area contributed by atoms with Crippen molar-refractivity contribution in [3.05, 3.63) is 0 Å². The number of nitrogens with one attached hydrogen (secondary N) is 1. The van der Waals surface area contributed by atoms with Gasteiger partial charge in [0, 0.05) is 25.7 Å². The number of rotatable bonds is 6. The quantitative estimate of drug-likeness (QED) is 0.798. The van der Waals surface area contributed by atoms with Gasteiger partial charge >= 0.3 is 0 Å². The van der Waals surface area contributed by atoms with Crippen LogP contribution in [0.15, 0.2) is 0 Å². The summed E-state index contributed by atoms with van der Waals surface area (Å²) in [4.78, 5) is 14.5. The van der Waals surface area contributed by atoms with Crippen LogP contribution in [0, 0.1) is 11.8 Å². The smallest absolute Gasteiger partial charge is 0.235 e. The van der Waals surface area contributed by atoms with Crippen molar-refractivity contribution in [2.75, 3.05) is 25.4 Å². The summed E-state index contributed by atoms with van der Waals surface area (Å²) in [6.07, 6.45) is 4.63. The fraction of sp³-hybridized carbons (Fsp3) is 0.941. The lowest BCUT2D eigenvalue weighted by Gasteiger charge is -2.36. The average molecular weight is 345 g/mol. The Balaban J connectivity index is 1.78. The largest absolute Gasteiger partial charge is 0.351 e. The lowest BCUT2D eigenvalue weighted by atomic mass is 9.92. The van der Waals surface area contributed by atoms with Crippen LogP contribution in [-0.4, -0.2) is 55.9 Å². The van der Waals surface area contributed by atoms with Gasteiger partial charge < -0.3 is 10.2 Å². The van der Waals surface area contributed by atoms with Crippen LogP contribution in [0.1, 0.15) is 52.9 Å². The minimum absolute atomic E-state index is 0.0150. The summed E-state index contributed by atoms with van der Waals surface area (Å²) in [7, 11) is -3.28. The molecule has 1 saturated carbocycles. The highest BCUT2D eigenvalue weighted by molar-refractivity contribution is 7.92. The maximum atomic E-state index is 12.2. The molecule has 2 aliphatic rings. The van der Waals surface area contributed by atoms with Gasteiger partial charge in [0.1, 0.15) is 5.75 Å². The zero-order valence-electron chi connectivity index (χ0n) is 14.8. The van der Waals surface area contributed by atoms with Gasteiger partial charge in [-0.05, 0) is 38.0 Å². The highest BCUT2D eigenvalue weighted by Crippen LogP contribution is 2.25. The normalized spacial score (nSPS) is 28.7. The zero-order valence-corrected chi connectivity index (χ0v) is 15.6. The minimum atomic E-state index is -3.28. The fourth-order valence-electron chi connectivity index (χ4n) is 4.24. The van der Waals surface area contributed by atoms with Gasteiger partial charge in [0.15, 0.2) is 9.84 Å². The van der Waals surface area contributed by atoms with Gasteiger partial charge in [-0.2, -0.15) is 0 Å². The molecule has 3 atom stereocenters. The summed E-state index contributed by atoms with van der Waals surface area (Å²) in [5, 5.41) is 2.58. The summed E-state index contributed by atoms with van der Waals surface area (Å²) in [6, 6.07) is -0.0150. The fourth-order valence-corrected chi connectivity index (χ4v) is 5.97. The van der Waals surface area contributed by atoms with E-state index in [1.54, 1.807) is 0 Å². The Kier molecular flexibility index (Phi) is 6.48. The molecule has 1 aliphatic heterocycles. The topological polar surface area (TPSA) is 66.5 Å². The molecule has 1 amide bonds. The van der Waals surface area contributed by atoms with Gasteiger partial charge in [-0.3, -0.25) is 4.79 Å². The number of nitrogens with zero attached hydrogens (tertiary/aromatic N) is 1. The molecule has 6 heteroatoms. The first-order valence-corrected chi connectivity index (χ1v) is 10.7. The summed E-state index contributed by atoms with van der Waals surface area (Å²) >= 11 is 0. The Morgan fingerprint density at radius 2 is 1.74 bits per heavy atom. The van der Waals surface area contributed by atoms with Crippen molar-refractivity contribution >= 4 is 15.7 Å². The second kappa shape index (κ2) is 7.97. The van der Waals surface area contributed by atoms with Crippen molar-refractivity contribution in [2.24, 2.45) is 11.8 Å². The van der Waals surface area contributed by atoms with Gasteiger partial charge in [0.05, 0.1) is 5.25 Å². The Bertz CT molecular complexity index is 490. The second-order valence-corrected chi connectivity index (χ2v) is 10.1. The zero-order chi connectivity index (χ0) is 17.0. The lowest BCUT2D eigenvalue weighted by Crippen LogP contribution is -2.48. The molecule has 1 aliphatic carbocycles. The van der Waals surface area contributed by atoms with Crippen molar-refractivity contribution in [1.82, 2.24) is 10.2 Å². The van der Waals surface area contributed by atoms with Crippen LogP contribution in [0.3, 0.4) is 0 Å². The summed E-state index contributed by atoms with van der Waals surface area (Å²) in [6.45, 7) is 9.41. The summed E-state index contributed by atoms with van der Waals surface area (Å²) in [5.41, 5.74) is 0. The molecule has 2 fully saturated rings. The highest BCUT2D eigenvalue weighted by atomic mass is 32.2. The van der Waals surface area contributed by atoms with Crippen molar-refractivity contribution < 1.29 is 13.2 Å². The molecular weight excluding hydrogens is 312 g/mol. The van der Waals surface area contributed by atoms with E-state index in [1.807, 2.05) is 6.92 Å². The maximum absolute atomic E-state index is 12.2. The van der Waals surface area contributed by atoms with E-state index in [2.05, 4.69) is 24.1 Å². The molecule has 0 aromatic heterocycles. The summed E-state index contributed by atoms with van der Waals surface area (Å²) in [5.74, 6) is 0.672. The number of hydrogen-bond acceptors (Lipinski definition) is 4. The van der Waals surface area contributed by atoms with Crippen LogP contribution in [-0.2, 0) is 14.6 Å². The number of carbonyl (C=O) groups excluding carboxylic acids is 1. The second-order valence-electron chi connectivity index (χ2n) is 7.85. The number of likely N-dealkylation sites (tertiary alicyclic amines) is 1. The Labute approximate surface area is 141 Å². The molecule has 0 aromatic carbocycles. The number of amides is 1. The third kappa shape index (κ3) is 5.75. The molecule has 1 saturated heterocycles. The third-order valence-electron chi connectivity index (χ3n) is 5.03. The van der Waals surface area contributed by atoms with E-state index in [-0.39, 0.29) is 23.0 Å². The van der Waals surface area contributed by atoms with Crippen LogP contribution < -0.4 is 5.32 Å². The van der Waals surface area contributed by atoms with Crippen molar-refractivity contribution in [3.8, 4) is 0 Å². The number of piperidine rings is 1. The van der Waals surface area contributed by atoms with Crippen LogP contribution in [0.5, 0.6) is 0 Å². The first-order chi connectivity index (χ1) is 10.8. The monoisotopic (exact) mass is 344 g/mol. The van der Waals surface area contributed by atoms with Gasteiger partial charge in [-0.1, -0.05) is 26.7 Å². The number of sulfone groups is 1. The minimum Gasteiger partial charge on any atom is -0.351 e. The number of hydrogen-bond donors (Lipinski definition) is 1. The molecule has 0 unspecified atom stereocenters. The van der Waals surface area contributed by atoms with Crippen LogP contribution >= 0.6 is 0 Å². The first kappa shape index (κ1) is 18.7. The van der Waals surface area contributed by atoms with Crippen molar-refractivity contribution in [1.29, 1.82) is 0 Å². The van der Waals surface area contributed by atoms with Crippen LogP contribution in [0.2, 0.25) is 0 Å². The molecule has 23 heavy (non-hydrogen) atoms. The van der Waals surface area contributed by atoms with E-state index in [0.717, 1.165) is 32.5 Å². The molecule has 0 bridgehead atoms. The van der Waals surface area contributed by atoms with Gasteiger partial charge in [0.2, 0.25) is 5.91 Å². The first-order valence-electron chi connectivity index (χ1n) is 8.99. The molecule has 5 nitrogen and oxygen atoms in total. The van der Waals surface area contributed by atoms with E-state index in [4.69, 9.17) is 0 Å². The van der Waals surface area contributed by atoms with Crippen molar-refractivity contribution in [3.63, 3.8) is 0 Å². The Morgan fingerprint density at radius 1 is 1.17 bits per heavy atom. The molecule has 0 aromatic rings. The van der Waals surface area contributed by atoms with Gasteiger partial charge in [-0.15, -0.1) is 0 Å². The van der Waals surface area contributed by atoms with Crippen LogP contribution in [0.4, 0.5) is 0 Å².